The van der Waals surface area contributed by atoms with Crippen LogP contribution in [0.3, 0.4) is 0 Å². The van der Waals surface area contributed by atoms with E-state index in [2.05, 4.69) is 0 Å². The van der Waals surface area contributed by atoms with Gasteiger partial charge in [0.25, 0.3) is 5.69 Å². The second-order valence-corrected chi connectivity index (χ2v) is 6.47. The largest absolute Gasteiger partial charge is 0.398 e. The quantitative estimate of drug-likeness (QED) is 0.519. The maximum atomic E-state index is 12.3. The van der Waals surface area contributed by atoms with E-state index < -0.39 is 15.7 Å². The Hall–Kier alpha value is -1.63. The minimum Gasteiger partial charge on any atom is -0.398 e. The average Bonchev–Trinajstić information content (AvgIpc) is 2.43. The molecule has 0 aliphatic rings. The lowest BCUT2D eigenvalue weighted by Gasteiger charge is -2.08. The van der Waals surface area contributed by atoms with Gasteiger partial charge in [0.05, 0.1) is 31.4 Å². The Kier molecular flexibility index (Phi) is 4.82. The van der Waals surface area contributed by atoms with Gasteiger partial charge in [-0.2, -0.15) is 0 Å². The van der Waals surface area contributed by atoms with Gasteiger partial charge in [-0.3, -0.25) is 14.3 Å². The highest BCUT2D eigenvalue weighted by Gasteiger charge is 2.14. The number of nitro benzene ring substituents is 1. The van der Waals surface area contributed by atoms with E-state index in [0.717, 1.165) is 0 Å². The molecule has 0 saturated carbocycles. The number of non-ortho nitro benzene ring substituents is 1. The van der Waals surface area contributed by atoms with Crippen LogP contribution in [0.15, 0.2) is 41.3 Å². The van der Waals surface area contributed by atoms with Crippen molar-refractivity contribution >= 4 is 45.4 Å². The summed E-state index contributed by atoms with van der Waals surface area (Å²) < 4.78 is 12.3. The lowest BCUT2D eigenvalue weighted by molar-refractivity contribution is -0.384. The zero-order chi connectivity index (χ0) is 15.6. The van der Waals surface area contributed by atoms with E-state index in [9.17, 15) is 14.3 Å². The van der Waals surface area contributed by atoms with Crippen molar-refractivity contribution in [1.29, 1.82) is 0 Å². The normalized spacial score (nSPS) is 12.1. The Morgan fingerprint density at radius 2 is 1.90 bits per heavy atom. The molecule has 8 heteroatoms. The van der Waals surface area contributed by atoms with Gasteiger partial charge in [-0.25, -0.2) is 0 Å². The van der Waals surface area contributed by atoms with Crippen molar-refractivity contribution in [3.05, 3.63) is 62.1 Å². The number of nitro groups is 1. The van der Waals surface area contributed by atoms with Crippen LogP contribution in [0.2, 0.25) is 10.0 Å². The predicted molar refractivity (Wildman–Crippen MR) is 84.1 cm³/mol. The zero-order valence-electron chi connectivity index (χ0n) is 10.6. The lowest BCUT2D eigenvalue weighted by atomic mass is 10.2. The number of anilines is 1. The highest BCUT2D eigenvalue weighted by Crippen LogP contribution is 2.27. The summed E-state index contributed by atoms with van der Waals surface area (Å²) in [6.45, 7) is 0. The molecule has 2 N–H and O–H groups in total. The second kappa shape index (κ2) is 6.43. The fourth-order valence-corrected chi connectivity index (χ4v) is 3.53. The molecule has 0 radical (unpaired) electrons. The van der Waals surface area contributed by atoms with Crippen LogP contribution in [-0.4, -0.2) is 9.13 Å². The fraction of sp³-hybridized carbons (Fsp3) is 0.0769. The molecule has 0 saturated heterocycles. The molecule has 110 valence electrons. The second-order valence-electron chi connectivity index (χ2n) is 4.20. The topological polar surface area (TPSA) is 86.2 Å². The van der Waals surface area contributed by atoms with Gasteiger partial charge in [-0.05, 0) is 29.8 Å². The van der Waals surface area contributed by atoms with Gasteiger partial charge in [0.2, 0.25) is 0 Å². The van der Waals surface area contributed by atoms with E-state index >= 15 is 0 Å². The van der Waals surface area contributed by atoms with Gasteiger partial charge < -0.3 is 5.73 Å². The van der Waals surface area contributed by atoms with Gasteiger partial charge >= 0.3 is 0 Å². The third-order valence-electron chi connectivity index (χ3n) is 2.75. The molecule has 0 aliphatic carbocycles. The first-order valence-electron chi connectivity index (χ1n) is 5.74. The van der Waals surface area contributed by atoms with Gasteiger partial charge in [-0.15, -0.1) is 0 Å². The highest BCUT2D eigenvalue weighted by molar-refractivity contribution is 7.84. The molecule has 1 unspecified atom stereocenters. The SMILES string of the molecule is Nc1ccc(Cl)cc1S(=O)Cc1ccc([N+](=O)[O-])cc1Cl. The van der Waals surface area contributed by atoms with E-state index in [1.54, 1.807) is 12.1 Å². The predicted octanol–water partition coefficient (Wildman–Crippen LogP) is 3.79. The van der Waals surface area contributed by atoms with Crippen LogP contribution in [0.25, 0.3) is 0 Å². The molecule has 0 bridgehead atoms. The van der Waals surface area contributed by atoms with E-state index in [1.165, 1.54) is 24.3 Å². The number of benzene rings is 2. The fourth-order valence-electron chi connectivity index (χ4n) is 1.69. The number of nitrogens with two attached hydrogens (primary N) is 1. The molecular weight excluding hydrogens is 335 g/mol. The van der Waals surface area contributed by atoms with E-state index in [0.29, 0.717) is 21.2 Å². The first-order valence-corrected chi connectivity index (χ1v) is 7.82. The Bertz CT molecular complexity index is 737. The molecule has 0 aromatic heterocycles. The molecule has 21 heavy (non-hydrogen) atoms. The van der Waals surface area contributed by atoms with Crippen molar-refractivity contribution in [2.45, 2.75) is 10.6 Å². The molecule has 0 spiro atoms. The number of hydrogen-bond donors (Lipinski definition) is 1. The average molecular weight is 345 g/mol. The maximum absolute atomic E-state index is 12.3. The maximum Gasteiger partial charge on any atom is 0.270 e. The summed E-state index contributed by atoms with van der Waals surface area (Å²) in [7, 11) is -1.45. The number of hydrogen-bond acceptors (Lipinski definition) is 4. The minimum atomic E-state index is -1.45. The number of rotatable bonds is 4. The molecular formula is C13H10Cl2N2O3S. The van der Waals surface area contributed by atoms with Crippen molar-refractivity contribution < 1.29 is 9.13 Å². The third kappa shape index (κ3) is 3.72. The van der Waals surface area contributed by atoms with Crippen molar-refractivity contribution in [3.63, 3.8) is 0 Å². The summed E-state index contributed by atoms with van der Waals surface area (Å²) in [5.41, 5.74) is 6.57. The van der Waals surface area contributed by atoms with Crippen LogP contribution in [0, 0.1) is 10.1 Å². The first kappa shape index (κ1) is 15.8. The third-order valence-corrected chi connectivity index (χ3v) is 4.76. The smallest absolute Gasteiger partial charge is 0.270 e. The van der Waals surface area contributed by atoms with Gasteiger partial charge in [0, 0.05) is 22.8 Å². The van der Waals surface area contributed by atoms with Gasteiger partial charge in [0.1, 0.15) is 0 Å². The number of halogens is 2. The molecule has 2 rings (SSSR count). The van der Waals surface area contributed by atoms with Crippen LogP contribution in [-0.2, 0) is 16.6 Å². The molecule has 2 aromatic rings. The van der Waals surface area contributed by atoms with E-state index in [-0.39, 0.29) is 16.5 Å². The summed E-state index contributed by atoms with van der Waals surface area (Å²) in [5, 5.41) is 11.3. The molecule has 1 atom stereocenters. The molecule has 0 fully saturated rings. The standard InChI is InChI=1S/C13H10Cl2N2O3S/c14-9-2-4-12(16)13(5-9)21(20)7-8-1-3-10(17(18)19)6-11(8)15/h1-6H,7,16H2. The van der Waals surface area contributed by atoms with Gasteiger partial charge in [0.15, 0.2) is 0 Å². The summed E-state index contributed by atoms with van der Waals surface area (Å²) in [5.74, 6) is 0.0986. The Balaban J connectivity index is 2.27. The minimum absolute atomic E-state index is 0.0986. The van der Waals surface area contributed by atoms with E-state index in [4.69, 9.17) is 28.9 Å². The Morgan fingerprint density at radius 3 is 2.52 bits per heavy atom. The van der Waals surface area contributed by atoms with Crippen LogP contribution in [0.1, 0.15) is 5.56 Å². The summed E-state index contributed by atoms with van der Waals surface area (Å²) >= 11 is 11.8. The Morgan fingerprint density at radius 1 is 1.19 bits per heavy atom. The van der Waals surface area contributed by atoms with Crippen LogP contribution in [0.5, 0.6) is 0 Å². The van der Waals surface area contributed by atoms with Crippen LogP contribution >= 0.6 is 23.2 Å². The van der Waals surface area contributed by atoms with Crippen LogP contribution in [0.4, 0.5) is 11.4 Å². The van der Waals surface area contributed by atoms with Crippen molar-refractivity contribution in [1.82, 2.24) is 0 Å². The summed E-state index contributed by atoms with van der Waals surface area (Å²) in [4.78, 5) is 10.5. The highest BCUT2D eigenvalue weighted by atomic mass is 35.5. The summed E-state index contributed by atoms with van der Waals surface area (Å²) in [6.07, 6.45) is 0. The van der Waals surface area contributed by atoms with Crippen molar-refractivity contribution in [3.8, 4) is 0 Å². The van der Waals surface area contributed by atoms with Gasteiger partial charge in [-0.1, -0.05) is 23.2 Å². The van der Waals surface area contributed by atoms with E-state index in [1.807, 2.05) is 0 Å². The number of nitrogen functional groups attached to an aromatic ring is 1. The molecule has 0 heterocycles. The lowest BCUT2D eigenvalue weighted by Crippen LogP contribution is -2.02. The first-order chi connectivity index (χ1) is 9.88. The summed E-state index contributed by atoms with van der Waals surface area (Å²) in [6, 6.07) is 8.75. The Labute approximate surface area is 133 Å². The van der Waals surface area contributed by atoms with Crippen molar-refractivity contribution in [2.75, 3.05) is 5.73 Å². The van der Waals surface area contributed by atoms with Crippen LogP contribution < -0.4 is 5.73 Å². The molecule has 0 aliphatic heterocycles. The molecule has 5 nitrogen and oxygen atoms in total. The monoisotopic (exact) mass is 344 g/mol. The molecule has 2 aromatic carbocycles. The number of nitrogens with zero attached hydrogens (tertiary/aromatic N) is 1. The molecule has 0 amide bonds. The van der Waals surface area contributed by atoms with Crippen molar-refractivity contribution in [2.24, 2.45) is 0 Å². The zero-order valence-corrected chi connectivity index (χ0v) is 12.9.